The first-order valence-electron chi connectivity index (χ1n) is 12.8. The normalized spacial score (nSPS) is 15.2. The number of halogens is 3. The average molecular weight is 523 g/mol. The van der Waals surface area contributed by atoms with E-state index >= 15 is 0 Å². The van der Waals surface area contributed by atoms with E-state index in [1.807, 2.05) is 41.3 Å². The number of rotatable bonds is 8. The summed E-state index contributed by atoms with van der Waals surface area (Å²) in [6, 6.07) is 17.1. The topological polar surface area (TPSA) is 48.5 Å². The zero-order valence-corrected chi connectivity index (χ0v) is 21.7. The molecule has 8 heteroatoms. The van der Waals surface area contributed by atoms with E-state index in [0.717, 1.165) is 55.0 Å². The van der Waals surface area contributed by atoms with Crippen molar-refractivity contribution in [3.05, 3.63) is 95.8 Å². The molecule has 1 amide bonds. The summed E-state index contributed by atoms with van der Waals surface area (Å²) in [6.45, 7) is 6.62. The van der Waals surface area contributed by atoms with E-state index in [4.69, 9.17) is 0 Å². The van der Waals surface area contributed by atoms with Gasteiger partial charge in [0.15, 0.2) is 0 Å². The van der Waals surface area contributed by atoms with Gasteiger partial charge >= 0.3 is 6.18 Å². The molecular formula is C30H33F3N4O. The molecule has 1 aliphatic rings. The summed E-state index contributed by atoms with van der Waals surface area (Å²) in [5.41, 5.74) is 2.66. The molecule has 1 aliphatic heterocycles. The number of hydrogen-bond acceptors (Lipinski definition) is 4. The van der Waals surface area contributed by atoms with Crippen LogP contribution in [0.5, 0.6) is 0 Å². The highest BCUT2D eigenvalue weighted by atomic mass is 19.4. The summed E-state index contributed by atoms with van der Waals surface area (Å²) >= 11 is 0. The molecule has 4 rings (SSSR count). The van der Waals surface area contributed by atoms with Gasteiger partial charge in [-0.3, -0.25) is 9.78 Å². The molecule has 1 fully saturated rings. The average Bonchev–Trinajstić information content (AvgIpc) is 2.91. The first-order valence-corrected chi connectivity index (χ1v) is 12.8. The molecule has 2 heterocycles. The van der Waals surface area contributed by atoms with Crippen LogP contribution in [0.15, 0.2) is 79.1 Å². The van der Waals surface area contributed by atoms with Crippen molar-refractivity contribution < 1.29 is 18.0 Å². The number of nitrogens with zero attached hydrogens (tertiary/aromatic N) is 3. The Morgan fingerprint density at radius 1 is 1.05 bits per heavy atom. The minimum Gasteiger partial charge on any atom is -0.355 e. The maximum Gasteiger partial charge on any atom is 0.416 e. The number of alkyl halides is 3. The summed E-state index contributed by atoms with van der Waals surface area (Å²) in [6.07, 6.45) is 3.84. The minimum atomic E-state index is -4.39. The highest BCUT2D eigenvalue weighted by Crippen LogP contribution is 2.29. The Morgan fingerprint density at radius 3 is 2.37 bits per heavy atom. The standard InChI is InChI=1S/C30H33F3N4O/c1-22(2)36-18-14-28(15-19-36)37(29(38)11-8-23-6-9-25(10-7-23)30(31,32)33)21-24-4-3-5-27(20-24)35-26-12-16-34-17-13-26/h3-13,16-17,20,22,28H,14-15,18-19,21H2,1-2H3,(H,34,35)/b11-8+. The maximum atomic E-state index is 13.5. The quantitative estimate of drug-likeness (QED) is 0.332. The lowest BCUT2D eigenvalue weighted by Gasteiger charge is -2.39. The van der Waals surface area contributed by atoms with Crippen LogP contribution < -0.4 is 5.32 Å². The van der Waals surface area contributed by atoms with Gasteiger partial charge in [-0.25, -0.2) is 0 Å². The third kappa shape index (κ3) is 7.44. The van der Waals surface area contributed by atoms with Gasteiger partial charge in [0.05, 0.1) is 5.56 Å². The number of carbonyl (C=O) groups is 1. The summed E-state index contributed by atoms with van der Waals surface area (Å²) in [7, 11) is 0. The maximum absolute atomic E-state index is 13.5. The first kappa shape index (κ1) is 27.4. The smallest absolute Gasteiger partial charge is 0.355 e. The lowest BCUT2D eigenvalue weighted by molar-refractivity contribution is -0.137. The molecule has 0 unspecified atom stereocenters. The highest BCUT2D eigenvalue weighted by Gasteiger charge is 2.30. The second-order valence-electron chi connectivity index (χ2n) is 9.84. The van der Waals surface area contributed by atoms with Crippen LogP contribution in [-0.2, 0) is 17.5 Å². The van der Waals surface area contributed by atoms with E-state index in [-0.39, 0.29) is 11.9 Å². The van der Waals surface area contributed by atoms with Crippen molar-refractivity contribution in [2.45, 2.75) is 51.5 Å². The van der Waals surface area contributed by atoms with Crippen LogP contribution in [0.1, 0.15) is 43.4 Å². The molecule has 200 valence electrons. The molecule has 1 aromatic heterocycles. The zero-order valence-electron chi connectivity index (χ0n) is 21.7. The Bertz CT molecular complexity index is 1220. The van der Waals surface area contributed by atoms with E-state index in [0.29, 0.717) is 18.2 Å². The molecule has 0 spiro atoms. The molecule has 0 radical (unpaired) electrons. The Kier molecular flexibility index (Phi) is 8.84. The largest absolute Gasteiger partial charge is 0.416 e. The summed E-state index contributed by atoms with van der Waals surface area (Å²) < 4.78 is 38.7. The summed E-state index contributed by atoms with van der Waals surface area (Å²) in [5.74, 6) is -0.152. The van der Waals surface area contributed by atoms with Crippen molar-refractivity contribution in [1.82, 2.24) is 14.8 Å². The number of nitrogens with one attached hydrogen (secondary N) is 1. The summed E-state index contributed by atoms with van der Waals surface area (Å²) in [4.78, 5) is 21.8. The number of amides is 1. The van der Waals surface area contributed by atoms with Crippen molar-refractivity contribution in [2.24, 2.45) is 0 Å². The molecule has 0 aliphatic carbocycles. The minimum absolute atomic E-state index is 0.0755. The Balaban J connectivity index is 1.51. The molecule has 0 atom stereocenters. The van der Waals surface area contributed by atoms with Crippen LogP contribution >= 0.6 is 0 Å². The number of benzene rings is 2. The number of carbonyl (C=O) groups excluding carboxylic acids is 1. The van der Waals surface area contributed by atoms with Crippen LogP contribution in [0.4, 0.5) is 24.5 Å². The van der Waals surface area contributed by atoms with E-state index in [9.17, 15) is 18.0 Å². The first-order chi connectivity index (χ1) is 18.2. The Hall–Kier alpha value is -3.65. The number of pyridine rings is 1. The van der Waals surface area contributed by atoms with Crippen molar-refractivity contribution in [1.29, 1.82) is 0 Å². The van der Waals surface area contributed by atoms with Gasteiger partial charge in [0.25, 0.3) is 0 Å². The summed E-state index contributed by atoms with van der Waals surface area (Å²) in [5, 5.41) is 3.36. The van der Waals surface area contributed by atoms with Crippen LogP contribution in [0.3, 0.4) is 0 Å². The fraction of sp³-hybridized carbons (Fsp3) is 0.333. The lowest BCUT2D eigenvalue weighted by Crippen LogP contribution is -2.48. The molecule has 3 aromatic rings. The molecule has 1 saturated heterocycles. The molecule has 0 bridgehead atoms. The van der Waals surface area contributed by atoms with Gasteiger partial charge in [-0.2, -0.15) is 13.2 Å². The van der Waals surface area contributed by atoms with Gasteiger partial charge < -0.3 is 15.1 Å². The third-order valence-electron chi connectivity index (χ3n) is 6.86. The van der Waals surface area contributed by atoms with Crippen molar-refractivity contribution in [3.63, 3.8) is 0 Å². The van der Waals surface area contributed by atoms with Crippen LogP contribution in [0, 0.1) is 0 Å². The van der Waals surface area contributed by atoms with Crippen LogP contribution in [-0.4, -0.2) is 45.9 Å². The number of hydrogen-bond donors (Lipinski definition) is 1. The highest BCUT2D eigenvalue weighted by molar-refractivity contribution is 5.92. The number of piperidine rings is 1. The van der Waals surface area contributed by atoms with E-state index < -0.39 is 11.7 Å². The predicted octanol–water partition coefficient (Wildman–Crippen LogP) is 6.76. The monoisotopic (exact) mass is 522 g/mol. The third-order valence-corrected chi connectivity index (χ3v) is 6.86. The zero-order chi connectivity index (χ0) is 27.1. The van der Waals surface area contributed by atoms with Crippen molar-refractivity contribution in [3.8, 4) is 0 Å². The second kappa shape index (κ2) is 12.3. The lowest BCUT2D eigenvalue weighted by atomic mass is 10.0. The Morgan fingerprint density at radius 2 is 1.74 bits per heavy atom. The van der Waals surface area contributed by atoms with Gasteiger partial charge in [0, 0.05) is 61.6 Å². The van der Waals surface area contributed by atoms with Crippen molar-refractivity contribution in [2.75, 3.05) is 18.4 Å². The molecule has 2 aromatic carbocycles. The van der Waals surface area contributed by atoms with E-state index in [2.05, 4.69) is 29.0 Å². The molecule has 38 heavy (non-hydrogen) atoms. The predicted molar refractivity (Wildman–Crippen MR) is 145 cm³/mol. The number of likely N-dealkylation sites (tertiary alicyclic amines) is 1. The van der Waals surface area contributed by atoms with Gasteiger partial charge in [-0.1, -0.05) is 24.3 Å². The van der Waals surface area contributed by atoms with E-state index in [1.165, 1.54) is 18.2 Å². The fourth-order valence-corrected chi connectivity index (χ4v) is 4.69. The fourth-order valence-electron chi connectivity index (χ4n) is 4.69. The molecule has 0 saturated carbocycles. The van der Waals surface area contributed by atoms with Gasteiger partial charge in [-0.05, 0) is 80.3 Å². The molecule has 5 nitrogen and oxygen atoms in total. The second-order valence-corrected chi connectivity index (χ2v) is 9.84. The van der Waals surface area contributed by atoms with Crippen LogP contribution in [0.2, 0.25) is 0 Å². The van der Waals surface area contributed by atoms with Crippen LogP contribution in [0.25, 0.3) is 6.08 Å². The Labute approximate surface area is 222 Å². The number of anilines is 2. The van der Waals surface area contributed by atoms with Gasteiger partial charge in [-0.15, -0.1) is 0 Å². The molecular weight excluding hydrogens is 489 g/mol. The SMILES string of the molecule is CC(C)N1CCC(N(Cc2cccc(Nc3ccncc3)c2)C(=O)/C=C/c2ccc(C(F)(F)F)cc2)CC1. The van der Waals surface area contributed by atoms with Gasteiger partial charge in [0.2, 0.25) is 5.91 Å². The van der Waals surface area contributed by atoms with E-state index in [1.54, 1.807) is 18.5 Å². The van der Waals surface area contributed by atoms with Crippen molar-refractivity contribution >= 4 is 23.4 Å². The molecule has 1 N–H and O–H groups in total. The van der Waals surface area contributed by atoms with Gasteiger partial charge in [0.1, 0.15) is 0 Å². The number of aromatic nitrogens is 1.